The molecular weight excluding hydrogens is 282 g/mol. The van der Waals surface area contributed by atoms with Gasteiger partial charge in [-0.15, -0.1) is 11.6 Å². The van der Waals surface area contributed by atoms with E-state index in [1.165, 1.54) is 18.2 Å². The van der Waals surface area contributed by atoms with E-state index in [-0.39, 0.29) is 11.3 Å². The van der Waals surface area contributed by atoms with Crippen LogP contribution in [-0.2, 0) is 4.79 Å². The zero-order chi connectivity index (χ0) is 14.1. The number of hydrogen-bond donors (Lipinski definition) is 0. The molecule has 1 aromatic rings. The normalized spacial score (nSPS) is 10.8. The molecule has 1 heterocycles. The minimum atomic E-state index is -0.554. The first-order valence-electron chi connectivity index (χ1n) is 5.77. The third kappa shape index (κ3) is 2.35. The second kappa shape index (κ2) is 4.94. The molecular formula is C14H8ClNO4. The molecule has 2 aliphatic rings. The molecule has 0 unspecified atom stereocenters. The number of fused-ring (bicyclic) bond motifs is 2. The Hall–Kier alpha value is -2.40. The Labute approximate surface area is 118 Å². The van der Waals surface area contributed by atoms with Gasteiger partial charge in [-0.25, -0.2) is 4.98 Å². The van der Waals surface area contributed by atoms with E-state index >= 15 is 0 Å². The summed E-state index contributed by atoms with van der Waals surface area (Å²) in [5.74, 6) is -0.0937. The van der Waals surface area contributed by atoms with E-state index < -0.39 is 5.97 Å². The summed E-state index contributed by atoms with van der Waals surface area (Å²) in [6.45, 7) is 0. The molecule has 0 amide bonds. The van der Waals surface area contributed by atoms with Crippen molar-refractivity contribution in [3.8, 4) is 17.2 Å². The van der Waals surface area contributed by atoms with Crippen molar-refractivity contribution in [3.63, 3.8) is 0 Å². The molecule has 0 atom stereocenters. The zero-order valence-corrected chi connectivity index (χ0v) is 10.9. The van der Waals surface area contributed by atoms with Gasteiger partial charge in [-0.05, 0) is 24.3 Å². The second-order valence-electron chi connectivity index (χ2n) is 4.08. The molecule has 0 saturated carbocycles. The number of carbonyl (C=O) groups is 1. The fourth-order valence-electron chi connectivity index (χ4n) is 1.81. The van der Waals surface area contributed by atoms with Gasteiger partial charge < -0.3 is 9.15 Å². The highest BCUT2D eigenvalue weighted by Gasteiger charge is 2.11. The first-order chi connectivity index (χ1) is 9.65. The van der Waals surface area contributed by atoms with Crippen molar-refractivity contribution in [1.29, 1.82) is 0 Å². The molecule has 0 N–H and O–H groups in total. The van der Waals surface area contributed by atoms with Crippen molar-refractivity contribution < 1.29 is 13.9 Å². The number of halogens is 1. The molecule has 1 aliphatic carbocycles. The van der Waals surface area contributed by atoms with Gasteiger partial charge in [0.1, 0.15) is 22.8 Å². The lowest BCUT2D eigenvalue weighted by atomic mass is 10.2. The quantitative estimate of drug-likeness (QED) is 0.314. The van der Waals surface area contributed by atoms with E-state index in [0.29, 0.717) is 28.3 Å². The Bertz CT molecular complexity index is 827. The maximum atomic E-state index is 11.3. The Balaban J connectivity index is 2.14. The highest BCUT2D eigenvalue weighted by Crippen LogP contribution is 2.26. The molecule has 0 saturated heterocycles. The van der Waals surface area contributed by atoms with Gasteiger partial charge in [0.15, 0.2) is 16.8 Å². The molecule has 1 aromatic carbocycles. The Morgan fingerprint density at radius 3 is 2.90 bits per heavy atom. The highest BCUT2D eigenvalue weighted by molar-refractivity contribution is 6.26. The van der Waals surface area contributed by atoms with Crippen molar-refractivity contribution in [2.75, 3.05) is 5.88 Å². The van der Waals surface area contributed by atoms with Gasteiger partial charge in [-0.1, -0.05) is 0 Å². The van der Waals surface area contributed by atoms with Crippen molar-refractivity contribution >= 4 is 28.7 Å². The number of hydrogen-bond acceptors (Lipinski definition) is 5. The first-order valence-corrected chi connectivity index (χ1v) is 6.30. The summed E-state index contributed by atoms with van der Waals surface area (Å²) in [6, 6.07) is 9.18. The first kappa shape index (κ1) is 12.6. The smallest absolute Gasteiger partial charge is 0.326 e. The monoisotopic (exact) mass is 289 g/mol. The highest BCUT2D eigenvalue weighted by atomic mass is 35.5. The van der Waals surface area contributed by atoms with E-state index in [1.807, 2.05) is 0 Å². The lowest BCUT2D eigenvalue weighted by Crippen LogP contribution is -2.08. The minimum Gasteiger partial charge on any atom is -0.453 e. The molecule has 0 fully saturated rings. The van der Waals surface area contributed by atoms with Crippen LogP contribution in [0.4, 0.5) is 0 Å². The molecule has 0 spiro atoms. The molecule has 5 nitrogen and oxygen atoms in total. The standard InChI is InChI=1S/C14H8ClNO4/c15-7-14(18)19-9-2-4-11-13(6-9)20-12-5-8(17)1-3-10(12)16-11/h1-6H,7H2. The molecule has 3 rings (SSSR count). The van der Waals surface area contributed by atoms with Crippen molar-refractivity contribution in [3.05, 3.63) is 46.6 Å². The largest absolute Gasteiger partial charge is 0.453 e. The van der Waals surface area contributed by atoms with Crippen LogP contribution in [0.1, 0.15) is 0 Å². The second-order valence-corrected chi connectivity index (χ2v) is 4.35. The van der Waals surface area contributed by atoms with Gasteiger partial charge in [-0.3, -0.25) is 9.59 Å². The summed E-state index contributed by atoms with van der Waals surface area (Å²) in [5, 5.41) is 0. The van der Waals surface area contributed by atoms with E-state index in [0.717, 1.165) is 0 Å². The molecule has 0 bridgehead atoms. The van der Waals surface area contributed by atoms with Gasteiger partial charge in [0.2, 0.25) is 0 Å². The average molecular weight is 290 g/mol. The van der Waals surface area contributed by atoms with Crippen LogP contribution in [0.25, 0.3) is 22.6 Å². The maximum absolute atomic E-state index is 11.3. The third-order valence-corrected chi connectivity index (χ3v) is 2.88. The summed E-state index contributed by atoms with van der Waals surface area (Å²) in [5.41, 5.74) is 1.44. The number of rotatable bonds is 2. The van der Waals surface area contributed by atoms with Crippen LogP contribution in [0, 0.1) is 0 Å². The van der Waals surface area contributed by atoms with E-state index in [4.69, 9.17) is 20.8 Å². The molecule has 6 heteroatoms. The van der Waals surface area contributed by atoms with Gasteiger partial charge >= 0.3 is 5.97 Å². The topological polar surface area (TPSA) is 69.4 Å². The van der Waals surface area contributed by atoms with Crippen LogP contribution in [-0.4, -0.2) is 16.8 Å². The number of carbonyl (C=O) groups excluding carboxylic acids is 1. The lowest BCUT2D eigenvalue weighted by Gasteiger charge is -2.07. The molecule has 1 aliphatic heterocycles. The van der Waals surface area contributed by atoms with E-state index in [1.54, 1.807) is 18.2 Å². The molecule has 100 valence electrons. The van der Waals surface area contributed by atoms with E-state index in [2.05, 4.69) is 4.98 Å². The number of ether oxygens (including phenoxy) is 1. The zero-order valence-electron chi connectivity index (χ0n) is 10.1. The summed E-state index contributed by atoms with van der Waals surface area (Å²) in [4.78, 5) is 26.8. The summed E-state index contributed by atoms with van der Waals surface area (Å²) < 4.78 is 10.6. The number of alkyl halides is 1. The Morgan fingerprint density at radius 2 is 2.10 bits per heavy atom. The summed E-state index contributed by atoms with van der Waals surface area (Å²) in [6.07, 6.45) is 0. The van der Waals surface area contributed by atoms with Crippen LogP contribution in [0.2, 0.25) is 0 Å². The number of aromatic nitrogens is 1. The van der Waals surface area contributed by atoms with Gasteiger partial charge in [0.25, 0.3) is 0 Å². The number of nitrogens with zero attached hydrogens (tertiary/aromatic N) is 1. The van der Waals surface area contributed by atoms with Crippen molar-refractivity contribution in [1.82, 2.24) is 4.98 Å². The van der Waals surface area contributed by atoms with Crippen LogP contribution >= 0.6 is 11.6 Å². The maximum Gasteiger partial charge on any atom is 0.326 e. The van der Waals surface area contributed by atoms with Crippen molar-refractivity contribution in [2.24, 2.45) is 0 Å². The van der Waals surface area contributed by atoms with Gasteiger partial charge in [0, 0.05) is 12.1 Å². The summed E-state index contributed by atoms with van der Waals surface area (Å²) >= 11 is 5.37. The number of esters is 1. The molecule has 0 aromatic heterocycles. The molecule has 0 radical (unpaired) electrons. The predicted molar refractivity (Wildman–Crippen MR) is 73.3 cm³/mol. The SMILES string of the molecule is O=C(CCl)Oc1ccc2nc3ccc(=O)cc-3oc2c1. The third-order valence-electron chi connectivity index (χ3n) is 2.66. The number of benzene rings is 2. The van der Waals surface area contributed by atoms with Crippen LogP contribution in [0.15, 0.2) is 45.6 Å². The fourth-order valence-corrected chi connectivity index (χ4v) is 1.86. The molecule has 20 heavy (non-hydrogen) atoms. The predicted octanol–water partition coefficient (Wildman–Crippen LogP) is 2.44. The van der Waals surface area contributed by atoms with Gasteiger partial charge in [-0.2, -0.15) is 0 Å². The van der Waals surface area contributed by atoms with Crippen LogP contribution in [0.3, 0.4) is 0 Å². The van der Waals surface area contributed by atoms with E-state index in [9.17, 15) is 9.59 Å². The average Bonchev–Trinajstić information content (AvgIpc) is 2.45. The Kier molecular flexibility index (Phi) is 3.12. The van der Waals surface area contributed by atoms with Crippen LogP contribution < -0.4 is 10.2 Å². The fraction of sp³-hybridized carbons (Fsp3) is 0.0714. The Morgan fingerprint density at radius 1 is 1.25 bits per heavy atom. The van der Waals surface area contributed by atoms with Crippen LogP contribution in [0.5, 0.6) is 5.75 Å². The summed E-state index contributed by atoms with van der Waals surface area (Å²) in [7, 11) is 0. The lowest BCUT2D eigenvalue weighted by molar-refractivity contribution is -0.131. The van der Waals surface area contributed by atoms with Gasteiger partial charge in [0.05, 0.1) is 0 Å². The minimum absolute atomic E-state index is 0.160. The van der Waals surface area contributed by atoms with Crippen molar-refractivity contribution in [2.45, 2.75) is 0 Å².